The molecule has 53 heavy (non-hydrogen) atoms. The normalized spacial score (nSPS) is 13.8. The van der Waals surface area contributed by atoms with E-state index in [1.165, 1.54) is 11.3 Å². The van der Waals surface area contributed by atoms with Gasteiger partial charge in [0, 0.05) is 37.5 Å². The van der Waals surface area contributed by atoms with Crippen LogP contribution in [-0.4, -0.2) is 73.1 Å². The molecule has 0 aliphatic carbocycles. The van der Waals surface area contributed by atoms with Gasteiger partial charge in [0.05, 0.1) is 12.3 Å². The van der Waals surface area contributed by atoms with Crippen molar-refractivity contribution in [3.05, 3.63) is 107 Å². The van der Waals surface area contributed by atoms with Gasteiger partial charge in [-0.1, -0.05) is 69.3 Å². The van der Waals surface area contributed by atoms with Gasteiger partial charge in [0.1, 0.15) is 25.6 Å². The zero-order valence-electron chi connectivity index (χ0n) is 31.9. The van der Waals surface area contributed by atoms with Crippen molar-refractivity contribution >= 4 is 25.9 Å². The van der Waals surface area contributed by atoms with Crippen LogP contribution in [0.3, 0.4) is 0 Å². The van der Waals surface area contributed by atoms with Crippen molar-refractivity contribution in [2.45, 2.75) is 78.1 Å². The maximum atomic E-state index is 13.0. The van der Waals surface area contributed by atoms with E-state index in [9.17, 15) is 9.59 Å². The van der Waals surface area contributed by atoms with Crippen LogP contribution in [0.1, 0.15) is 72.3 Å². The second kappa shape index (κ2) is 17.8. The summed E-state index contributed by atoms with van der Waals surface area (Å²) in [5.41, 5.74) is 5.07. The van der Waals surface area contributed by atoms with E-state index in [1.54, 1.807) is 6.92 Å². The number of carboxylic acid groups (broad SMARTS) is 1. The molecular weight excluding hydrogens is 687 g/mol. The number of anilines is 1. The van der Waals surface area contributed by atoms with Gasteiger partial charge in [-0.05, 0) is 79.1 Å². The largest absolute Gasteiger partial charge is 0.485 e. The summed E-state index contributed by atoms with van der Waals surface area (Å²) in [6, 6.07) is 22.3. The number of aryl methyl sites for hydroxylation is 1. The van der Waals surface area contributed by atoms with E-state index >= 15 is 0 Å². The number of pyridine rings is 1. The Kier molecular flexibility index (Phi) is 13.2. The van der Waals surface area contributed by atoms with Crippen molar-refractivity contribution in [3.8, 4) is 11.6 Å². The van der Waals surface area contributed by atoms with Crippen LogP contribution >= 0.6 is 0 Å². The summed E-state index contributed by atoms with van der Waals surface area (Å²) in [6.07, 6.45) is 5.20. The van der Waals surface area contributed by atoms with Crippen LogP contribution in [0.4, 0.5) is 5.69 Å². The van der Waals surface area contributed by atoms with Crippen molar-refractivity contribution in [2.24, 2.45) is 5.92 Å². The first-order valence-corrected chi connectivity index (χ1v) is 21.3. The van der Waals surface area contributed by atoms with Crippen LogP contribution in [0.25, 0.3) is 0 Å². The molecule has 1 amide bonds. The van der Waals surface area contributed by atoms with E-state index in [4.69, 9.17) is 24.0 Å². The van der Waals surface area contributed by atoms with Gasteiger partial charge in [0.25, 0.3) is 5.91 Å². The molecule has 282 valence electrons. The summed E-state index contributed by atoms with van der Waals surface area (Å²) in [7, 11) is -1.79. The lowest BCUT2D eigenvalue weighted by Crippen LogP contribution is -2.41. The highest BCUT2D eigenvalue weighted by Crippen LogP contribution is 2.36. The Morgan fingerprint density at radius 2 is 1.60 bits per heavy atom. The number of hydrogen-bond donors (Lipinski definition) is 2. The van der Waals surface area contributed by atoms with Crippen LogP contribution in [0.2, 0.25) is 18.1 Å². The van der Waals surface area contributed by atoms with E-state index in [0.717, 1.165) is 43.5 Å². The first kappa shape index (κ1) is 39.4. The van der Waals surface area contributed by atoms with Crippen molar-refractivity contribution in [3.63, 3.8) is 0 Å². The van der Waals surface area contributed by atoms with Gasteiger partial charge >= 0.3 is 5.97 Å². The minimum Gasteiger partial charge on any atom is -0.485 e. The van der Waals surface area contributed by atoms with Gasteiger partial charge in [-0.2, -0.15) is 0 Å². The smallest absolute Gasteiger partial charge is 0.322 e. The van der Waals surface area contributed by atoms with Crippen molar-refractivity contribution in [1.29, 1.82) is 0 Å². The Bertz CT molecular complexity index is 1810. The molecule has 1 aliphatic heterocycles. The number of benzene rings is 2. The molecule has 0 atom stereocenters. The molecule has 0 bridgehead atoms. The minimum atomic E-state index is -1.79. The molecule has 3 heterocycles. The number of carbonyl (C=O) groups is 2. The standard InChI is InChI=1S/C41H53N5O6Si/c1-29-39(51-28-32-10-8-7-9-11-32)38(40(49)43-27-37(47)48)45-35(44-29)25-31-18-20-46(21-19-31)34-15-12-30(13-16-34)24-33-14-17-36(42-26-33)50-22-23-52-53(5,6)41(2,3)4/h7-17,26,31H,18-25,27-28H2,1-6H3,(H,43,49)(H,47,48). The topological polar surface area (TPSA) is 136 Å². The number of piperidine rings is 1. The van der Waals surface area contributed by atoms with E-state index in [2.05, 4.69) is 84.4 Å². The first-order chi connectivity index (χ1) is 25.3. The molecule has 12 heteroatoms. The Morgan fingerprint density at radius 1 is 0.906 bits per heavy atom. The van der Waals surface area contributed by atoms with Crippen LogP contribution in [-0.2, 0) is 28.7 Å². The summed E-state index contributed by atoms with van der Waals surface area (Å²) < 4.78 is 18.1. The fourth-order valence-corrected chi connectivity index (χ4v) is 7.01. The minimum absolute atomic E-state index is 0.0601. The molecular formula is C41H53N5O6Si. The van der Waals surface area contributed by atoms with Gasteiger partial charge in [0.2, 0.25) is 5.88 Å². The number of rotatable bonds is 16. The summed E-state index contributed by atoms with van der Waals surface area (Å²) >= 11 is 0. The number of amides is 1. The predicted octanol–water partition coefficient (Wildman–Crippen LogP) is 7.02. The number of aliphatic carboxylic acids is 1. The average molecular weight is 740 g/mol. The average Bonchev–Trinajstić information content (AvgIpc) is 3.13. The molecule has 1 saturated heterocycles. The second-order valence-corrected chi connectivity index (χ2v) is 20.0. The molecule has 4 aromatic rings. The second-order valence-electron chi connectivity index (χ2n) is 15.2. The molecule has 1 aliphatic rings. The zero-order chi connectivity index (χ0) is 38.0. The Morgan fingerprint density at radius 3 is 2.25 bits per heavy atom. The van der Waals surface area contributed by atoms with Crippen LogP contribution in [0, 0.1) is 12.8 Å². The summed E-state index contributed by atoms with van der Waals surface area (Å²) in [5.74, 6) is 0.0490. The van der Waals surface area contributed by atoms with Gasteiger partial charge in [-0.3, -0.25) is 9.59 Å². The lowest BCUT2D eigenvalue weighted by atomic mass is 9.92. The molecule has 2 N–H and O–H groups in total. The van der Waals surface area contributed by atoms with Gasteiger partial charge in [-0.15, -0.1) is 0 Å². The molecule has 2 aromatic carbocycles. The quantitative estimate of drug-likeness (QED) is 0.0912. The molecule has 11 nitrogen and oxygen atoms in total. The van der Waals surface area contributed by atoms with Gasteiger partial charge in [0.15, 0.2) is 19.8 Å². The fourth-order valence-electron chi connectivity index (χ4n) is 5.98. The van der Waals surface area contributed by atoms with Crippen molar-refractivity contribution < 1.29 is 28.6 Å². The molecule has 0 saturated carbocycles. The van der Waals surface area contributed by atoms with Crippen LogP contribution in [0.15, 0.2) is 72.9 Å². The molecule has 0 spiro atoms. The van der Waals surface area contributed by atoms with E-state index < -0.39 is 26.7 Å². The SMILES string of the molecule is Cc1nc(CC2CCN(c3ccc(Cc4ccc(OCCO[Si](C)(C)C(C)(C)C)nc4)cc3)CC2)nc(C(=O)NCC(=O)O)c1OCc1ccccc1. The predicted molar refractivity (Wildman–Crippen MR) is 208 cm³/mol. The highest BCUT2D eigenvalue weighted by Gasteiger charge is 2.37. The third-order valence-corrected chi connectivity index (χ3v) is 14.7. The number of aromatic nitrogens is 3. The van der Waals surface area contributed by atoms with Gasteiger partial charge < -0.3 is 29.2 Å². The maximum absolute atomic E-state index is 13.0. The lowest BCUT2D eigenvalue weighted by Gasteiger charge is -2.36. The number of carbonyl (C=O) groups excluding carboxylic acids is 1. The van der Waals surface area contributed by atoms with Gasteiger partial charge in [-0.25, -0.2) is 15.0 Å². The number of ether oxygens (including phenoxy) is 2. The highest BCUT2D eigenvalue weighted by atomic mass is 28.4. The number of nitrogens with zero attached hydrogens (tertiary/aromatic N) is 4. The molecule has 2 aromatic heterocycles. The molecule has 5 rings (SSSR count). The van der Waals surface area contributed by atoms with Crippen molar-refractivity contribution in [2.75, 3.05) is 37.7 Å². The first-order valence-electron chi connectivity index (χ1n) is 18.4. The molecule has 0 radical (unpaired) electrons. The summed E-state index contributed by atoms with van der Waals surface area (Å²) in [5, 5.41) is 11.7. The maximum Gasteiger partial charge on any atom is 0.322 e. The summed E-state index contributed by atoms with van der Waals surface area (Å²) in [6.45, 7) is 15.6. The Balaban J connectivity index is 1.11. The van der Waals surface area contributed by atoms with E-state index in [1.807, 2.05) is 42.6 Å². The number of hydrogen-bond acceptors (Lipinski definition) is 9. The Labute approximate surface area is 314 Å². The summed E-state index contributed by atoms with van der Waals surface area (Å²) in [4.78, 5) is 40.4. The lowest BCUT2D eigenvalue weighted by molar-refractivity contribution is -0.135. The van der Waals surface area contributed by atoms with Crippen molar-refractivity contribution in [1.82, 2.24) is 20.3 Å². The number of nitrogens with one attached hydrogen (secondary N) is 1. The third-order valence-electron chi connectivity index (χ3n) is 10.1. The zero-order valence-corrected chi connectivity index (χ0v) is 32.9. The van der Waals surface area contributed by atoms with E-state index in [0.29, 0.717) is 43.0 Å². The number of carboxylic acids is 1. The van der Waals surface area contributed by atoms with Crippen LogP contribution in [0.5, 0.6) is 11.6 Å². The third kappa shape index (κ3) is 11.3. The monoisotopic (exact) mass is 739 g/mol. The highest BCUT2D eigenvalue weighted by molar-refractivity contribution is 6.74. The van der Waals surface area contributed by atoms with E-state index in [-0.39, 0.29) is 23.1 Å². The Hall–Kier alpha value is -4.81. The molecule has 0 unspecified atom stereocenters. The fraction of sp³-hybridized carbons (Fsp3) is 0.439. The van der Waals surface area contributed by atoms with Crippen LogP contribution < -0.4 is 19.7 Å². The molecule has 1 fully saturated rings.